The summed E-state index contributed by atoms with van der Waals surface area (Å²) in [7, 11) is 0. The van der Waals surface area contributed by atoms with Gasteiger partial charge in [-0.25, -0.2) is 0 Å². The third-order valence-electron chi connectivity index (χ3n) is 9.00. The van der Waals surface area contributed by atoms with Crippen molar-refractivity contribution in [1.82, 2.24) is 9.97 Å². The second kappa shape index (κ2) is 14.5. The Morgan fingerprint density at radius 3 is 2.06 bits per heavy atom. The first-order valence-electron chi connectivity index (χ1n) is 17.5. The summed E-state index contributed by atoms with van der Waals surface area (Å²) in [6.07, 6.45) is 6.01. The smallest absolute Gasteiger partial charge is 0.129 e. The van der Waals surface area contributed by atoms with E-state index in [2.05, 4.69) is 145 Å². The first kappa shape index (κ1) is 36.2. The number of pyridine rings is 2. The Labute approximate surface area is 315 Å². The minimum Gasteiger partial charge on any atom is -0.500 e. The number of fused-ring (bicyclic) bond motifs is 7. The summed E-state index contributed by atoms with van der Waals surface area (Å²) in [4.78, 5) is 9.21. The van der Waals surface area contributed by atoms with E-state index < -0.39 is 0 Å². The molecule has 8 aromatic rings. The molecule has 0 amide bonds. The Bertz CT molecular complexity index is 2450. The van der Waals surface area contributed by atoms with Gasteiger partial charge in [-0.3, -0.25) is 0 Å². The first-order chi connectivity index (χ1) is 23.9. The summed E-state index contributed by atoms with van der Waals surface area (Å²) >= 11 is 0. The monoisotopic (exact) mass is 845 g/mol. The van der Waals surface area contributed by atoms with Crippen molar-refractivity contribution in [3.63, 3.8) is 0 Å². The van der Waals surface area contributed by atoms with Crippen molar-refractivity contribution in [3.05, 3.63) is 144 Å². The van der Waals surface area contributed by atoms with Gasteiger partial charge >= 0.3 is 0 Å². The van der Waals surface area contributed by atoms with Crippen LogP contribution in [-0.2, 0) is 32.9 Å². The SMILES string of the molecule is Cc1c[c-]c(-c2cc(CC(C)(C)C)c(CC(C)(C)C)cn2)cc1.[Ir].[c-]1ccc2c(oc3c2ccc2ccc4ccccc4c23)c1-c1ccccn1. The third-order valence-corrected chi connectivity index (χ3v) is 9.00. The van der Waals surface area contributed by atoms with Crippen LogP contribution in [0.25, 0.3) is 66.0 Å². The topological polar surface area (TPSA) is 38.9 Å². The quantitative estimate of drug-likeness (QED) is 0.131. The standard InChI is InChI=1S/C25H14NO.C22H30N.Ir/c1-2-7-18-16(6-1)11-12-17-13-14-20-19-8-5-9-21(22-10-3-4-15-26-22)24(19)27-25(20)23(17)18;1-16-8-10-17(11-9-16)20-12-18(13-21(2,3)4)19(15-23-20)14-22(5,6)7;/h1-8,10-15H;8-10,12,15H,13-14H2,1-7H3;/q2*-1;. The zero-order chi connectivity index (χ0) is 35.0. The van der Waals surface area contributed by atoms with Crippen LogP contribution < -0.4 is 0 Å². The molecule has 4 heteroatoms. The molecule has 3 heterocycles. The van der Waals surface area contributed by atoms with Crippen LogP contribution in [0.1, 0.15) is 58.2 Å². The Balaban J connectivity index is 0.000000175. The normalized spacial score (nSPS) is 11.8. The van der Waals surface area contributed by atoms with Crippen molar-refractivity contribution >= 4 is 43.5 Å². The van der Waals surface area contributed by atoms with E-state index in [1.165, 1.54) is 32.8 Å². The van der Waals surface area contributed by atoms with Gasteiger partial charge in [0, 0.05) is 43.3 Å². The molecule has 0 aliphatic carbocycles. The molecule has 0 saturated carbocycles. The predicted octanol–water partition coefficient (Wildman–Crippen LogP) is 12.8. The molecule has 259 valence electrons. The average molecular weight is 845 g/mol. The molecule has 3 aromatic heterocycles. The molecule has 0 N–H and O–H groups in total. The minimum atomic E-state index is 0. The van der Waals surface area contributed by atoms with Gasteiger partial charge in [-0.2, -0.15) is 0 Å². The second-order valence-electron chi connectivity index (χ2n) is 15.8. The van der Waals surface area contributed by atoms with Crippen molar-refractivity contribution < 1.29 is 24.5 Å². The average Bonchev–Trinajstić information content (AvgIpc) is 3.48. The van der Waals surface area contributed by atoms with Gasteiger partial charge in [-0.15, -0.1) is 53.6 Å². The van der Waals surface area contributed by atoms with Gasteiger partial charge in [-0.05, 0) is 68.4 Å². The van der Waals surface area contributed by atoms with Crippen LogP contribution in [0.4, 0.5) is 0 Å². The number of hydrogen-bond donors (Lipinski definition) is 0. The Kier molecular flexibility index (Phi) is 10.3. The molecule has 0 saturated heterocycles. The summed E-state index contributed by atoms with van der Waals surface area (Å²) in [5.41, 5.74) is 10.2. The summed E-state index contributed by atoms with van der Waals surface area (Å²) in [5.74, 6) is 0. The van der Waals surface area contributed by atoms with Crippen LogP contribution >= 0.6 is 0 Å². The van der Waals surface area contributed by atoms with E-state index in [0.29, 0.717) is 0 Å². The van der Waals surface area contributed by atoms with Crippen molar-refractivity contribution in [2.45, 2.75) is 61.3 Å². The first-order valence-corrected chi connectivity index (χ1v) is 17.5. The van der Waals surface area contributed by atoms with Crippen LogP contribution in [0.2, 0.25) is 0 Å². The molecule has 0 atom stereocenters. The van der Waals surface area contributed by atoms with E-state index >= 15 is 0 Å². The number of benzene rings is 5. The van der Waals surface area contributed by atoms with Crippen LogP contribution in [0.3, 0.4) is 0 Å². The fraction of sp³-hybridized carbons (Fsp3) is 0.234. The van der Waals surface area contributed by atoms with Crippen molar-refractivity contribution in [3.8, 4) is 22.5 Å². The van der Waals surface area contributed by atoms with Crippen molar-refractivity contribution in [2.24, 2.45) is 10.8 Å². The maximum atomic E-state index is 6.49. The van der Waals surface area contributed by atoms with Gasteiger partial charge in [0.1, 0.15) is 5.58 Å². The summed E-state index contributed by atoms with van der Waals surface area (Å²) in [5, 5.41) is 6.99. The number of furan rings is 1. The van der Waals surface area contributed by atoms with Crippen LogP contribution in [0, 0.1) is 29.9 Å². The largest absolute Gasteiger partial charge is 0.500 e. The molecule has 0 bridgehead atoms. The fourth-order valence-corrected chi connectivity index (χ4v) is 6.79. The zero-order valence-electron chi connectivity index (χ0n) is 30.5. The van der Waals surface area contributed by atoms with Crippen LogP contribution in [-0.4, -0.2) is 9.97 Å². The van der Waals surface area contributed by atoms with E-state index in [0.717, 1.165) is 62.7 Å². The number of nitrogens with zero attached hydrogens (tertiary/aromatic N) is 2. The predicted molar refractivity (Wildman–Crippen MR) is 210 cm³/mol. The van der Waals surface area contributed by atoms with Crippen LogP contribution in [0.15, 0.2) is 120 Å². The van der Waals surface area contributed by atoms with Gasteiger partial charge in [0.25, 0.3) is 0 Å². The number of aromatic nitrogens is 2. The molecule has 3 nitrogen and oxygen atoms in total. The summed E-state index contributed by atoms with van der Waals surface area (Å²) in [6, 6.07) is 42.2. The number of hydrogen-bond acceptors (Lipinski definition) is 3. The molecule has 0 aliphatic rings. The van der Waals surface area contributed by atoms with E-state index in [1.807, 2.05) is 30.3 Å². The van der Waals surface area contributed by atoms with Gasteiger partial charge in [0.2, 0.25) is 0 Å². The third kappa shape index (κ3) is 7.99. The molecule has 0 spiro atoms. The molecule has 5 aromatic carbocycles. The minimum absolute atomic E-state index is 0. The Hall–Kier alpha value is -4.63. The van der Waals surface area contributed by atoms with Crippen LogP contribution in [0.5, 0.6) is 0 Å². The molecule has 8 rings (SSSR count). The fourth-order valence-electron chi connectivity index (χ4n) is 6.79. The molecule has 0 unspecified atom stereocenters. The van der Waals surface area contributed by atoms with E-state index in [9.17, 15) is 0 Å². The zero-order valence-corrected chi connectivity index (χ0v) is 32.9. The maximum absolute atomic E-state index is 6.49. The Morgan fingerprint density at radius 1 is 0.627 bits per heavy atom. The number of rotatable bonds is 4. The van der Waals surface area contributed by atoms with Gasteiger partial charge in [-0.1, -0.05) is 126 Å². The maximum Gasteiger partial charge on any atom is 0.129 e. The molecule has 51 heavy (non-hydrogen) atoms. The van der Waals surface area contributed by atoms with E-state index in [-0.39, 0.29) is 30.9 Å². The van der Waals surface area contributed by atoms with E-state index in [4.69, 9.17) is 9.40 Å². The molecular weight excluding hydrogens is 801 g/mol. The molecular formula is C47H44IrN2O-2. The molecule has 0 fully saturated rings. The Morgan fingerprint density at radius 2 is 1.33 bits per heavy atom. The molecule has 0 aliphatic heterocycles. The van der Waals surface area contributed by atoms with Gasteiger partial charge in [0.05, 0.1) is 5.58 Å². The summed E-state index contributed by atoms with van der Waals surface area (Å²) in [6.45, 7) is 15.8. The summed E-state index contributed by atoms with van der Waals surface area (Å²) < 4.78 is 6.49. The molecule has 1 radical (unpaired) electrons. The van der Waals surface area contributed by atoms with Crippen molar-refractivity contribution in [2.75, 3.05) is 0 Å². The second-order valence-corrected chi connectivity index (χ2v) is 15.8. The van der Waals surface area contributed by atoms with Crippen molar-refractivity contribution in [1.29, 1.82) is 0 Å². The van der Waals surface area contributed by atoms with E-state index in [1.54, 1.807) is 6.20 Å². The van der Waals surface area contributed by atoms with Gasteiger partial charge in [0.15, 0.2) is 0 Å². The van der Waals surface area contributed by atoms with Gasteiger partial charge < -0.3 is 14.4 Å². The number of aryl methyl sites for hydroxylation is 1.